The molecule has 0 radical (unpaired) electrons. The second-order valence-electron chi connectivity index (χ2n) is 9.45. The number of ether oxygens (including phenoxy) is 1. The molecule has 0 amide bonds. The second kappa shape index (κ2) is 9.02. The first-order valence-corrected chi connectivity index (χ1v) is 12.0. The molecule has 2 aliphatic rings. The first-order chi connectivity index (χ1) is 17.8. The molecule has 192 valence electrons. The summed E-state index contributed by atoms with van der Waals surface area (Å²) in [6.45, 7) is 3.51. The maximum atomic E-state index is 14.9. The van der Waals surface area contributed by atoms with Crippen LogP contribution >= 0.6 is 0 Å². The van der Waals surface area contributed by atoms with Gasteiger partial charge >= 0.3 is 0 Å². The maximum absolute atomic E-state index is 14.9. The highest BCUT2D eigenvalue weighted by atomic mass is 19.3. The fourth-order valence-electron chi connectivity index (χ4n) is 4.44. The molecule has 37 heavy (non-hydrogen) atoms. The molecule has 2 atom stereocenters. The third-order valence-corrected chi connectivity index (χ3v) is 6.72. The van der Waals surface area contributed by atoms with Crippen LogP contribution < -0.4 is 4.90 Å². The molecule has 3 aromatic heterocycles. The number of halogens is 4. The Hall–Kier alpha value is -3.67. The van der Waals surface area contributed by atoms with Crippen LogP contribution in [0.1, 0.15) is 41.9 Å². The van der Waals surface area contributed by atoms with Gasteiger partial charge in [-0.05, 0) is 38.8 Å². The van der Waals surface area contributed by atoms with Gasteiger partial charge in [0.25, 0.3) is 6.43 Å². The van der Waals surface area contributed by atoms with Gasteiger partial charge in [0, 0.05) is 23.4 Å². The molecule has 0 spiro atoms. The van der Waals surface area contributed by atoms with Crippen LogP contribution in [-0.4, -0.2) is 55.3 Å². The minimum absolute atomic E-state index is 0.00790. The van der Waals surface area contributed by atoms with Crippen LogP contribution in [-0.2, 0) is 4.74 Å². The summed E-state index contributed by atoms with van der Waals surface area (Å²) >= 11 is 0. The lowest BCUT2D eigenvalue weighted by Gasteiger charge is -2.37. The zero-order chi connectivity index (χ0) is 25.8. The molecule has 12 heteroatoms. The number of nitrogens with zero attached hydrogens (tertiary/aromatic N) is 7. The van der Waals surface area contributed by atoms with Crippen molar-refractivity contribution in [3.8, 4) is 11.3 Å². The van der Waals surface area contributed by atoms with Gasteiger partial charge in [-0.3, -0.25) is 4.68 Å². The predicted molar refractivity (Wildman–Crippen MR) is 126 cm³/mol. The molecule has 2 fully saturated rings. The van der Waals surface area contributed by atoms with E-state index in [9.17, 15) is 17.6 Å². The van der Waals surface area contributed by atoms with Crippen molar-refractivity contribution in [3.63, 3.8) is 0 Å². The normalized spacial score (nSPS) is 20.2. The Bertz CT molecular complexity index is 1490. The lowest BCUT2D eigenvalue weighted by Crippen LogP contribution is -2.47. The zero-order valence-corrected chi connectivity index (χ0v) is 20.1. The fraction of sp³-hybridized carbons (Fsp3) is 0.400. The number of fused-ring (bicyclic) bond motifs is 1. The van der Waals surface area contributed by atoms with Gasteiger partial charge in [0.1, 0.15) is 35.1 Å². The van der Waals surface area contributed by atoms with Crippen molar-refractivity contribution in [3.05, 3.63) is 59.2 Å². The molecule has 4 heterocycles. The monoisotopic (exact) mass is 513 g/mol. The third kappa shape index (κ3) is 4.50. The molecular formula is C25H23F4N7O. The zero-order valence-electron chi connectivity index (χ0n) is 20.1. The van der Waals surface area contributed by atoms with Crippen molar-refractivity contribution >= 4 is 17.1 Å². The van der Waals surface area contributed by atoms with E-state index in [2.05, 4.69) is 25.0 Å². The highest BCUT2D eigenvalue weighted by Crippen LogP contribution is 2.37. The van der Waals surface area contributed by atoms with E-state index in [0.29, 0.717) is 23.0 Å². The van der Waals surface area contributed by atoms with E-state index in [-0.39, 0.29) is 41.5 Å². The average molecular weight is 513 g/mol. The molecular weight excluding hydrogens is 490 g/mol. The number of hydrogen-bond acceptors (Lipinski definition) is 7. The van der Waals surface area contributed by atoms with E-state index < -0.39 is 30.3 Å². The summed E-state index contributed by atoms with van der Waals surface area (Å²) in [5.74, 6) is -1.48. The van der Waals surface area contributed by atoms with Crippen LogP contribution in [0.15, 0.2) is 30.6 Å². The van der Waals surface area contributed by atoms with Crippen molar-refractivity contribution < 1.29 is 22.3 Å². The quantitative estimate of drug-likeness (QED) is 0.357. The van der Waals surface area contributed by atoms with E-state index in [1.54, 1.807) is 24.9 Å². The Kier molecular flexibility index (Phi) is 5.78. The van der Waals surface area contributed by atoms with Crippen LogP contribution in [0.3, 0.4) is 0 Å². The van der Waals surface area contributed by atoms with Crippen molar-refractivity contribution in [2.45, 2.75) is 51.4 Å². The SMILES string of the molecule is Cc1nc2nc(N3C[C@@H](c4cnn(C5CC5)c4)O[C@H](C(F)F)C3)nc(-c3ccc(F)cc3F)c2nc1C. The van der Waals surface area contributed by atoms with E-state index in [0.717, 1.165) is 25.0 Å². The van der Waals surface area contributed by atoms with Gasteiger partial charge < -0.3 is 9.64 Å². The molecule has 1 saturated carbocycles. The molecule has 4 aromatic rings. The van der Waals surface area contributed by atoms with Gasteiger partial charge in [0.2, 0.25) is 5.95 Å². The number of hydrogen-bond donors (Lipinski definition) is 0. The Morgan fingerprint density at radius 1 is 1.00 bits per heavy atom. The molecule has 6 rings (SSSR count). The van der Waals surface area contributed by atoms with Gasteiger partial charge in [-0.15, -0.1) is 0 Å². The van der Waals surface area contributed by atoms with Gasteiger partial charge in [-0.25, -0.2) is 32.5 Å². The van der Waals surface area contributed by atoms with E-state index in [1.807, 2.05) is 10.9 Å². The van der Waals surface area contributed by atoms with Gasteiger partial charge in [0.05, 0.1) is 36.7 Å². The Labute approximate surface area is 209 Å². The average Bonchev–Trinajstić information content (AvgIpc) is 3.60. The van der Waals surface area contributed by atoms with Gasteiger partial charge in [-0.2, -0.15) is 10.1 Å². The summed E-state index contributed by atoms with van der Waals surface area (Å²) in [5, 5.41) is 4.36. The number of aromatic nitrogens is 6. The van der Waals surface area contributed by atoms with Gasteiger partial charge in [0.15, 0.2) is 5.65 Å². The highest BCUT2D eigenvalue weighted by Gasteiger charge is 2.37. The summed E-state index contributed by atoms with van der Waals surface area (Å²) in [5.41, 5.74) is 2.42. The molecule has 0 N–H and O–H groups in total. The van der Waals surface area contributed by atoms with Gasteiger partial charge in [-0.1, -0.05) is 0 Å². The Balaban J connectivity index is 1.45. The van der Waals surface area contributed by atoms with Crippen LogP contribution in [0, 0.1) is 25.5 Å². The number of morpholine rings is 1. The van der Waals surface area contributed by atoms with E-state index in [4.69, 9.17) is 4.74 Å². The summed E-state index contributed by atoms with van der Waals surface area (Å²) in [6, 6.07) is 3.48. The third-order valence-electron chi connectivity index (χ3n) is 6.72. The van der Waals surface area contributed by atoms with Crippen LogP contribution in [0.5, 0.6) is 0 Å². The molecule has 1 aliphatic carbocycles. The summed E-state index contributed by atoms with van der Waals surface area (Å²) in [7, 11) is 0. The first kappa shape index (κ1) is 23.7. The minimum Gasteiger partial charge on any atom is -0.361 e. The minimum atomic E-state index is -2.75. The maximum Gasteiger partial charge on any atom is 0.266 e. The lowest BCUT2D eigenvalue weighted by molar-refractivity contribution is -0.102. The molecule has 1 aromatic carbocycles. The largest absolute Gasteiger partial charge is 0.361 e. The number of rotatable bonds is 5. The number of anilines is 1. The molecule has 8 nitrogen and oxygen atoms in total. The summed E-state index contributed by atoms with van der Waals surface area (Å²) in [4.78, 5) is 19.7. The second-order valence-corrected chi connectivity index (χ2v) is 9.45. The topological polar surface area (TPSA) is 81.9 Å². The van der Waals surface area contributed by atoms with Crippen LogP contribution in [0.25, 0.3) is 22.4 Å². The van der Waals surface area contributed by atoms with Crippen molar-refractivity contribution in [1.82, 2.24) is 29.7 Å². The molecule has 0 unspecified atom stereocenters. The molecule has 0 bridgehead atoms. The Morgan fingerprint density at radius 2 is 1.78 bits per heavy atom. The first-order valence-electron chi connectivity index (χ1n) is 12.0. The number of aryl methyl sites for hydroxylation is 2. The molecule has 1 saturated heterocycles. The predicted octanol–water partition coefficient (Wildman–Crippen LogP) is 4.72. The smallest absolute Gasteiger partial charge is 0.266 e. The lowest BCUT2D eigenvalue weighted by atomic mass is 10.1. The van der Waals surface area contributed by atoms with Crippen molar-refractivity contribution in [2.75, 3.05) is 18.0 Å². The molecule has 1 aliphatic heterocycles. The van der Waals surface area contributed by atoms with Crippen molar-refractivity contribution in [2.24, 2.45) is 0 Å². The highest BCUT2D eigenvalue weighted by molar-refractivity contribution is 5.88. The van der Waals surface area contributed by atoms with E-state index in [1.165, 1.54) is 6.07 Å². The van der Waals surface area contributed by atoms with E-state index >= 15 is 0 Å². The standard InChI is InChI=1S/C25H23F4N7O/c1-12-13(2)32-24-22(31-12)21(17-6-3-15(26)7-18(17)27)33-25(34-24)35-10-19(37-20(11-35)23(28)29)14-8-30-36(9-14)16-4-5-16/h3,6-9,16,19-20,23H,4-5,10-11H2,1-2H3/t19-,20-/m0/s1. The van der Waals surface area contributed by atoms with Crippen LogP contribution in [0.4, 0.5) is 23.5 Å². The summed E-state index contributed by atoms with van der Waals surface area (Å²) in [6.07, 6.45) is 0.677. The Morgan fingerprint density at radius 3 is 2.51 bits per heavy atom. The van der Waals surface area contributed by atoms with Crippen LogP contribution in [0.2, 0.25) is 0 Å². The summed E-state index contributed by atoms with van der Waals surface area (Å²) < 4.78 is 63.9. The number of benzene rings is 1. The van der Waals surface area contributed by atoms with Crippen molar-refractivity contribution in [1.29, 1.82) is 0 Å². The fourth-order valence-corrected chi connectivity index (χ4v) is 4.44. The number of alkyl halides is 2.